The van der Waals surface area contributed by atoms with E-state index in [1.54, 1.807) is 0 Å². The summed E-state index contributed by atoms with van der Waals surface area (Å²) in [5.74, 6) is -2.56. The number of hydrogen-bond acceptors (Lipinski definition) is 1. The van der Waals surface area contributed by atoms with E-state index in [9.17, 15) is 22.0 Å². The van der Waals surface area contributed by atoms with Gasteiger partial charge in [-0.2, -0.15) is 13.2 Å². The van der Waals surface area contributed by atoms with E-state index >= 15 is 0 Å². The second-order valence-electron chi connectivity index (χ2n) is 4.28. The average molecular weight is 286 g/mol. The molecule has 1 fully saturated rings. The Labute approximate surface area is 105 Å². The maximum Gasteiger partial charge on any atom is 0.419 e. The van der Waals surface area contributed by atoms with E-state index in [2.05, 4.69) is 4.84 Å². The van der Waals surface area contributed by atoms with Crippen molar-refractivity contribution in [1.82, 2.24) is 4.84 Å². The van der Waals surface area contributed by atoms with Gasteiger partial charge in [-0.3, -0.25) is 0 Å². The van der Waals surface area contributed by atoms with Crippen LogP contribution in [0.15, 0.2) is 12.1 Å². The Bertz CT molecular complexity index is 455. The third kappa shape index (κ3) is 2.59. The Hall–Kier alpha value is -0.880. The first-order valence-electron chi connectivity index (χ1n) is 5.27. The van der Waals surface area contributed by atoms with Crippen LogP contribution in [0.3, 0.4) is 0 Å². The zero-order valence-corrected chi connectivity index (χ0v) is 9.75. The Kier molecular flexibility index (Phi) is 3.51. The standard InChI is InChI=1S/C11H9ClF5N/c12-18-10(5-1-2-5)6-3-9(14)7(4-8(6)13)11(15,16)17/h3-5,10,18H,1-2H2/t10-/m1/s1. The lowest BCUT2D eigenvalue weighted by Gasteiger charge is -2.17. The summed E-state index contributed by atoms with van der Waals surface area (Å²) in [6.07, 6.45) is -3.34. The van der Waals surface area contributed by atoms with Crippen LogP contribution in [-0.4, -0.2) is 0 Å². The third-order valence-corrected chi connectivity index (χ3v) is 3.17. The van der Waals surface area contributed by atoms with E-state index in [0.29, 0.717) is 6.07 Å². The fourth-order valence-corrected chi connectivity index (χ4v) is 2.14. The van der Waals surface area contributed by atoms with Crippen molar-refractivity contribution in [1.29, 1.82) is 0 Å². The number of benzene rings is 1. The van der Waals surface area contributed by atoms with E-state index in [1.807, 2.05) is 0 Å². The third-order valence-electron chi connectivity index (χ3n) is 2.94. The van der Waals surface area contributed by atoms with E-state index in [1.165, 1.54) is 0 Å². The number of hydrogen-bond donors (Lipinski definition) is 1. The molecule has 0 bridgehead atoms. The van der Waals surface area contributed by atoms with Gasteiger partial charge >= 0.3 is 6.18 Å². The molecular formula is C11H9ClF5N. The lowest BCUT2D eigenvalue weighted by atomic mass is 10.0. The molecule has 0 heterocycles. The summed E-state index contributed by atoms with van der Waals surface area (Å²) >= 11 is 5.43. The van der Waals surface area contributed by atoms with Crippen molar-refractivity contribution in [3.63, 3.8) is 0 Å². The Balaban J connectivity index is 2.42. The Morgan fingerprint density at radius 1 is 1.17 bits per heavy atom. The van der Waals surface area contributed by atoms with Crippen molar-refractivity contribution >= 4 is 11.8 Å². The summed E-state index contributed by atoms with van der Waals surface area (Å²) < 4.78 is 64.1. The number of nitrogens with one attached hydrogen (secondary N) is 1. The van der Waals surface area contributed by atoms with Crippen LogP contribution in [0.2, 0.25) is 0 Å². The van der Waals surface area contributed by atoms with Gasteiger partial charge in [-0.15, -0.1) is 0 Å². The van der Waals surface area contributed by atoms with Gasteiger partial charge in [-0.25, -0.2) is 13.6 Å². The summed E-state index contributed by atoms with van der Waals surface area (Å²) in [5.41, 5.74) is -1.77. The van der Waals surface area contributed by atoms with Crippen LogP contribution in [0, 0.1) is 17.6 Å². The van der Waals surface area contributed by atoms with Crippen molar-refractivity contribution in [2.24, 2.45) is 5.92 Å². The fraction of sp³-hybridized carbons (Fsp3) is 0.455. The monoisotopic (exact) mass is 285 g/mol. The lowest BCUT2D eigenvalue weighted by molar-refractivity contribution is -0.140. The van der Waals surface area contributed by atoms with Gasteiger partial charge < -0.3 is 0 Å². The molecule has 0 aliphatic heterocycles. The fourth-order valence-electron chi connectivity index (χ4n) is 1.85. The first-order chi connectivity index (χ1) is 8.34. The van der Waals surface area contributed by atoms with Gasteiger partial charge in [0, 0.05) is 5.56 Å². The molecule has 18 heavy (non-hydrogen) atoms. The van der Waals surface area contributed by atoms with Crippen molar-refractivity contribution in [2.45, 2.75) is 25.1 Å². The summed E-state index contributed by atoms with van der Waals surface area (Å²) in [5, 5.41) is 0. The smallest absolute Gasteiger partial charge is 0.226 e. The topological polar surface area (TPSA) is 12.0 Å². The van der Waals surface area contributed by atoms with Crippen LogP contribution in [0.5, 0.6) is 0 Å². The van der Waals surface area contributed by atoms with Crippen LogP contribution < -0.4 is 4.84 Å². The van der Waals surface area contributed by atoms with Gasteiger partial charge in [0.2, 0.25) is 0 Å². The highest BCUT2D eigenvalue weighted by Gasteiger charge is 2.38. The van der Waals surface area contributed by atoms with E-state index in [-0.39, 0.29) is 17.5 Å². The molecule has 1 aromatic carbocycles. The molecule has 100 valence electrons. The van der Waals surface area contributed by atoms with Gasteiger partial charge in [0.15, 0.2) is 0 Å². The number of rotatable bonds is 3. The molecule has 1 nitrogen and oxygen atoms in total. The minimum atomic E-state index is -4.91. The largest absolute Gasteiger partial charge is 0.419 e. The van der Waals surface area contributed by atoms with Gasteiger partial charge in [0.25, 0.3) is 0 Å². The molecule has 1 atom stereocenters. The molecular weight excluding hydrogens is 277 g/mol. The normalized spacial score (nSPS) is 17.9. The Morgan fingerprint density at radius 3 is 2.22 bits per heavy atom. The molecule has 0 spiro atoms. The average Bonchev–Trinajstić information content (AvgIpc) is 3.06. The van der Waals surface area contributed by atoms with Gasteiger partial charge in [0.05, 0.1) is 11.6 Å². The molecule has 1 aliphatic rings. The molecule has 1 aliphatic carbocycles. The SMILES string of the molecule is Fc1cc(C(F)(F)F)c(F)cc1[C@H](NCl)C1CC1. The van der Waals surface area contributed by atoms with Crippen LogP contribution in [-0.2, 0) is 6.18 Å². The summed E-state index contributed by atoms with van der Waals surface area (Å²) in [7, 11) is 0. The zero-order valence-electron chi connectivity index (χ0n) is 8.99. The first kappa shape index (κ1) is 13.5. The van der Waals surface area contributed by atoms with Gasteiger partial charge in [-0.05, 0) is 42.7 Å². The predicted molar refractivity (Wildman–Crippen MR) is 55.8 cm³/mol. The lowest BCUT2D eigenvalue weighted by Crippen LogP contribution is -2.17. The summed E-state index contributed by atoms with van der Waals surface area (Å²) in [6, 6.07) is 0.0774. The highest BCUT2D eigenvalue weighted by Crippen LogP contribution is 2.43. The highest BCUT2D eigenvalue weighted by molar-refractivity contribution is 6.13. The van der Waals surface area contributed by atoms with E-state index in [0.717, 1.165) is 12.8 Å². The molecule has 0 saturated heterocycles. The van der Waals surface area contributed by atoms with Crippen molar-refractivity contribution in [2.75, 3.05) is 0 Å². The predicted octanol–water partition coefficient (Wildman–Crippen LogP) is 4.18. The van der Waals surface area contributed by atoms with E-state index < -0.39 is 29.4 Å². The zero-order chi connectivity index (χ0) is 13.5. The maximum atomic E-state index is 13.6. The molecule has 1 saturated carbocycles. The molecule has 0 radical (unpaired) electrons. The Morgan fingerprint density at radius 2 is 1.78 bits per heavy atom. The van der Waals surface area contributed by atoms with Crippen molar-refractivity contribution in [3.05, 3.63) is 34.9 Å². The second-order valence-corrected chi connectivity index (χ2v) is 4.49. The van der Waals surface area contributed by atoms with Gasteiger partial charge in [-0.1, -0.05) is 0 Å². The first-order valence-corrected chi connectivity index (χ1v) is 5.64. The molecule has 1 N–H and O–H groups in total. The minimum Gasteiger partial charge on any atom is -0.226 e. The van der Waals surface area contributed by atoms with E-state index in [4.69, 9.17) is 11.8 Å². The van der Waals surface area contributed by atoms with Crippen LogP contribution in [0.1, 0.15) is 30.0 Å². The van der Waals surface area contributed by atoms with Crippen molar-refractivity contribution < 1.29 is 22.0 Å². The van der Waals surface area contributed by atoms with Crippen molar-refractivity contribution in [3.8, 4) is 0 Å². The molecule has 0 unspecified atom stereocenters. The van der Waals surface area contributed by atoms with Crippen LogP contribution in [0.25, 0.3) is 0 Å². The molecule has 0 aromatic heterocycles. The number of alkyl halides is 3. The second kappa shape index (κ2) is 4.66. The summed E-state index contributed by atoms with van der Waals surface area (Å²) in [6.45, 7) is 0. The van der Waals surface area contributed by atoms with Crippen LogP contribution in [0.4, 0.5) is 22.0 Å². The van der Waals surface area contributed by atoms with Gasteiger partial charge in [0.1, 0.15) is 11.6 Å². The molecule has 1 aromatic rings. The quantitative estimate of drug-likeness (QED) is 0.649. The molecule has 7 heteroatoms. The molecule has 2 rings (SSSR count). The maximum absolute atomic E-state index is 13.6. The summed E-state index contributed by atoms with van der Waals surface area (Å²) in [4.78, 5) is 2.29. The van der Waals surface area contributed by atoms with Crippen LogP contribution >= 0.6 is 11.8 Å². The molecule has 0 amide bonds. The minimum absolute atomic E-state index is 0.0353. The number of halogens is 6. The highest BCUT2D eigenvalue weighted by atomic mass is 35.5.